The summed E-state index contributed by atoms with van der Waals surface area (Å²) >= 11 is 1.65. The first-order chi connectivity index (χ1) is 10.2. The molecular weight excluding hydrogens is 286 g/mol. The van der Waals surface area contributed by atoms with Gasteiger partial charge in [-0.1, -0.05) is 18.2 Å². The van der Waals surface area contributed by atoms with E-state index in [0.29, 0.717) is 17.0 Å². The van der Waals surface area contributed by atoms with Gasteiger partial charge in [0.25, 0.3) is 0 Å². The van der Waals surface area contributed by atoms with Crippen molar-refractivity contribution in [2.24, 2.45) is 0 Å². The number of thiophene rings is 1. The largest absolute Gasteiger partial charge is 0.478 e. The molecule has 0 aliphatic rings. The zero-order valence-corrected chi connectivity index (χ0v) is 11.5. The average Bonchev–Trinajstić information content (AvgIpc) is 3.09. The van der Waals surface area contributed by atoms with Crippen LogP contribution < -0.4 is 0 Å². The van der Waals surface area contributed by atoms with Crippen molar-refractivity contribution < 1.29 is 9.90 Å². The minimum absolute atomic E-state index is 0.146. The van der Waals surface area contributed by atoms with Crippen molar-refractivity contribution in [1.82, 2.24) is 15.0 Å². The van der Waals surface area contributed by atoms with Gasteiger partial charge in [-0.2, -0.15) is 0 Å². The molecule has 0 aliphatic heterocycles. The molecule has 4 rings (SSSR count). The summed E-state index contributed by atoms with van der Waals surface area (Å²) in [7, 11) is 0. The fourth-order valence-corrected chi connectivity index (χ4v) is 3.25. The van der Waals surface area contributed by atoms with Crippen molar-refractivity contribution in [3.05, 3.63) is 47.5 Å². The summed E-state index contributed by atoms with van der Waals surface area (Å²) in [6.07, 6.45) is 1.32. The highest BCUT2D eigenvalue weighted by molar-refractivity contribution is 7.17. The van der Waals surface area contributed by atoms with Gasteiger partial charge < -0.3 is 10.1 Å². The first-order valence-corrected chi connectivity index (χ1v) is 7.16. The predicted molar refractivity (Wildman–Crippen MR) is 81.7 cm³/mol. The van der Waals surface area contributed by atoms with Gasteiger partial charge in [-0.15, -0.1) is 11.3 Å². The Kier molecular flexibility index (Phi) is 2.52. The number of imidazole rings is 1. The lowest BCUT2D eigenvalue weighted by molar-refractivity contribution is 0.0696. The number of benzene rings is 1. The number of hydrogen-bond acceptors (Lipinski definition) is 4. The molecule has 5 nitrogen and oxygen atoms in total. The Bertz CT molecular complexity index is 987. The van der Waals surface area contributed by atoms with Crippen LogP contribution in [0.25, 0.3) is 32.6 Å². The van der Waals surface area contributed by atoms with Crippen LogP contribution in [0.2, 0.25) is 0 Å². The fourth-order valence-electron chi connectivity index (χ4n) is 2.31. The second-order valence-electron chi connectivity index (χ2n) is 4.63. The van der Waals surface area contributed by atoms with E-state index < -0.39 is 5.97 Å². The zero-order chi connectivity index (χ0) is 14.4. The quantitative estimate of drug-likeness (QED) is 0.593. The van der Waals surface area contributed by atoms with Gasteiger partial charge in [0, 0.05) is 27.2 Å². The Morgan fingerprint density at radius 2 is 2.14 bits per heavy atom. The van der Waals surface area contributed by atoms with E-state index in [9.17, 15) is 4.79 Å². The first kappa shape index (κ1) is 12.0. The van der Waals surface area contributed by atoms with Gasteiger partial charge in [0.05, 0.1) is 11.1 Å². The van der Waals surface area contributed by atoms with Crippen LogP contribution >= 0.6 is 11.3 Å². The molecule has 2 N–H and O–H groups in total. The number of aromatic nitrogens is 3. The van der Waals surface area contributed by atoms with E-state index in [1.165, 1.54) is 10.9 Å². The van der Waals surface area contributed by atoms with Crippen molar-refractivity contribution in [2.45, 2.75) is 0 Å². The molecule has 0 aliphatic carbocycles. The van der Waals surface area contributed by atoms with Crippen LogP contribution in [0, 0.1) is 0 Å². The molecule has 0 radical (unpaired) electrons. The van der Waals surface area contributed by atoms with Gasteiger partial charge in [0.1, 0.15) is 5.82 Å². The van der Waals surface area contributed by atoms with Crippen LogP contribution in [-0.2, 0) is 0 Å². The SMILES string of the molecule is O=C(O)c1cnc2nc(-c3csc4ccccc34)[nH]c2c1. The van der Waals surface area contributed by atoms with Gasteiger partial charge in [-0.25, -0.2) is 14.8 Å². The Balaban J connectivity index is 1.92. The molecule has 1 aromatic carbocycles. The fraction of sp³-hybridized carbons (Fsp3) is 0. The van der Waals surface area contributed by atoms with Crippen LogP contribution in [-0.4, -0.2) is 26.0 Å². The molecule has 3 aromatic heterocycles. The molecule has 0 spiro atoms. The van der Waals surface area contributed by atoms with E-state index in [1.807, 2.05) is 23.6 Å². The van der Waals surface area contributed by atoms with E-state index in [0.717, 1.165) is 10.9 Å². The summed E-state index contributed by atoms with van der Waals surface area (Å²) in [5.74, 6) is -0.293. The molecule has 0 saturated heterocycles. The van der Waals surface area contributed by atoms with Gasteiger partial charge in [0.2, 0.25) is 0 Å². The molecule has 3 heterocycles. The molecule has 102 valence electrons. The summed E-state index contributed by atoms with van der Waals surface area (Å²) in [4.78, 5) is 22.7. The number of hydrogen-bond donors (Lipinski definition) is 2. The van der Waals surface area contributed by atoms with E-state index in [-0.39, 0.29) is 5.56 Å². The highest BCUT2D eigenvalue weighted by Crippen LogP contribution is 2.32. The highest BCUT2D eigenvalue weighted by Gasteiger charge is 2.12. The van der Waals surface area contributed by atoms with Crippen LogP contribution in [0.3, 0.4) is 0 Å². The number of aromatic carboxylic acids is 1. The van der Waals surface area contributed by atoms with Gasteiger partial charge in [0.15, 0.2) is 5.65 Å². The summed E-state index contributed by atoms with van der Waals surface area (Å²) in [5, 5.41) is 12.2. The van der Waals surface area contributed by atoms with Crippen LogP contribution in [0.1, 0.15) is 10.4 Å². The van der Waals surface area contributed by atoms with Crippen molar-refractivity contribution in [3.8, 4) is 11.4 Å². The Labute approximate surface area is 122 Å². The maximum Gasteiger partial charge on any atom is 0.337 e. The van der Waals surface area contributed by atoms with Gasteiger partial charge in [-0.05, 0) is 12.1 Å². The maximum atomic E-state index is 11.0. The third-order valence-corrected chi connectivity index (χ3v) is 4.28. The van der Waals surface area contributed by atoms with Gasteiger partial charge in [-0.3, -0.25) is 0 Å². The molecule has 0 saturated carbocycles. The number of fused-ring (bicyclic) bond motifs is 2. The number of aromatic amines is 1. The summed E-state index contributed by atoms with van der Waals surface area (Å²) in [5.41, 5.74) is 2.30. The Morgan fingerprint density at radius 3 is 3.00 bits per heavy atom. The Hall–Kier alpha value is -2.73. The number of carboxylic acid groups (broad SMARTS) is 1. The minimum Gasteiger partial charge on any atom is -0.478 e. The summed E-state index contributed by atoms with van der Waals surface area (Å²) in [6.45, 7) is 0. The second-order valence-corrected chi connectivity index (χ2v) is 5.54. The number of H-pyrrole nitrogens is 1. The van der Waals surface area contributed by atoms with E-state index in [4.69, 9.17) is 5.11 Å². The molecule has 0 fully saturated rings. The molecular formula is C15H9N3O2S. The first-order valence-electron chi connectivity index (χ1n) is 6.28. The summed E-state index contributed by atoms with van der Waals surface area (Å²) < 4.78 is 1.19. The van der Waals surface area contributed by atoms with E-state index >= 15 is 0 Å². The molecule has 0 unspecified atom stereocenters. The van der Waals surface area contributed by atoms with Crippen molar-refractivity contribution in [3.63, 3.8) is 0 Å². The lowest BCUT2D eigenvalue weighted by Crippen LogP contribution is -1.96. The van der Waals surface area contributed by atoms with Crippen LogP contribution in [0.5, 0.6) is 0 Å². The maximum absolute atomic E-state index is 11.0. The number of rotatable bonds is 2. The van der Waals surface area contributed by atoms with E-state index in [1.54, 1.807) is 17.4 Å². The monoisotopic (exact) mass is 295 g/mol. The zero-order valence-electron chi connectivity index (χ0n) is 10.7. The van der Waals surface area contributed by atoms with Crippen molar-refractivity contribution in [2.75, 3.05) is 0 Å². The minimum atomic E-state index is -0.999. The van der Waals surface area contributed by atoms with Crippen molar-refractivity contribution in [1.29, 1.82) is 0 Å². The molecule has 0 atom stereocenters. The lowest BCUT2D eigenvalue weighted by atomic mass is 10.2. The molecule has 21 heavy (non-hydrogen) atoms. The average molecular weight is 295 g/mol. The number of carboxylic acids is 1. The normalized spacial score (nSPS) is 11.2. The molecule has 6 heteroatoms. The highest BCUT2D eigenvalue weighted by atomic mass is 32.1. The van der Waals surface area contributed by atoms with Crippen LogP contribution in [0.4, 0.5) is 0 Å². The third kappa shape index (κ3) is 1.88. The van der Waals surface area contributed by atoms with E-state index in [2.05, 4.69) is 21.0 Å². The smallest absolute Gasteiger partial charge is 0.337 e. The standard InChI is InChI=1S/C15H9N3O2S/c19-15(20)8-5-11-14(16-6-8)18-13(17-11)10-7-21-12-4-2-1-3-9(10)12/h1-7H,(H,19,20)(H,16,17,18). The topological polar surface area (TPSA) is 78.9 Å². The molecule has 4 aromatic rings. The number of nitrogens with zero attached hydrogens (tertiary/aromatic N) is 2. The van der Waals surface area contributed by atoms with Crippen LogP contribution in [0.15, 0.2) is 41.9 Å². The number of pyridine rings is 1. The summed E-state index contributed by atoms with van der Waals surface area (Å²) in [6, 6.07) is 9.65. The molecule has 0 bridgehead atoms. The number of nitrogens with one attached hydrogen (secondary N) is 1. The Morgan fingerprint density at radius 1 is 1.29 bits per heavy atom. The number of carbonyl (C=O) groups is 1. The third-order valence-electron chi connectivity index (χ3n) is 3.32. The predicted octanol–water partition coefficient (Wildman–Crippen LogP) is 3.54. The lowest BCUT2D eigenvalue weighted by Gasteiger charge is -1.93. The van der Waals surface area contributed by atoms with Crippen molar-refractivity contribution >= 4 is 38.6 Å². The molecule has 0 amide bonds. The second kappa shape index (κ2) is 4.39. The van der Waals surface area contributed by atoms with Gasteiger partial charge >= 0.3 is 5.97 Å².